The predicted octanol–water partition coefficient (Wildman–Crippen LogP) is 0.569. The first-order valence-corrected chi connectivity index (χ1v) is 6.25. The minimum absolute atomic E-state index is 0.0456. The van der Waals surface area contributed by atoms with Crippen LogP contribution in [0.1, 0.15) is 26.7 Å². The fraction of sp³-hybridized carbons (Fsp3) is 0.917. The number of rotatable bonds is 6. The SMILES string of the molecule is CC(C)C(C(=O)O)N1CCC(OCCO)CC1. The van der Waals surface area contributed by atoms with Crippen molar-refractivity contribution in [3.8, 4) is 0 Å². The number of aliphatic hydroxyl groups is 1. The van der Waals surface area contributed by atoms with E-state index >= 15 is 0 Å². The van der Waals surface area contributed by atoms with Crippen molar-refractivity contribution in [1.82, 2.24) is 4.90 Å². The molecule has 5 nitrogen and oxygen atoms in total. The maximum atomic E-state index is 11.2. The Kier molecular flexibility index (Phi) is 5.88. The molecule has 1 aliphatic heterocycles. The summed E-state index contributed by atoms with van der Waals surface area (Å²) in [4.78, 5) is 13.2. The van der Waals surface area contributed by atoms with Gasteiger partial charge in [-0.05, 0) is 18.8 Å². The number of piperidine rings is 1. The van der Waals surface area contributed by atoms with Gasteiger partial charge in [-0.15, -0.1) is 0 Å². The lowest BCUT2D eigenvalue weighted by atomic mass is 9.98. The Bertz CT molecular complexity index is 237. The lowest BCUT2D eigenvalue weighted by Crippen LogP contribution is -2.49. The third-order valence-electron chi connectivity index (χ3n) is 3.20. The van der Waals surface area contributed by atoms with E-state index in [2.05, 4.69) is 0 Å². The highest BCUT2D eigenvalue weighted by atomic mass is 16.5. The zero-order valence-corrected chi connectivity index (χ0v) is 10.6. The van der Waals surface area contributed by atoms with Crippen molar-refractivity contribution < 1.29 is 19.7 Å². The van der Waals surface area contributed by atoms with Crippen molar-refractivity contribution >= 4 is 5.97 Å². The number of carboxylic acids is 1. The van der Waals surface area contributed by atoms with E-state index in [1.165, 1.54) is 0 Å². The minimum Gasteiger partial charge on any atom is -0.480 e. The van der Waals surface area contributed by atoms with Crippen molar-refractivity contribution in [1.29, 1.82) is 0 Å². The van der Waals surface area contributed by atoms with Gasteiger partial charge in [0.2, 0.25) is 0 Å². The predicted molar refractivity (Wildman–Crippen MR) is 63.9 cm³/mol. The lowest BCUT2D eigenvalue weighted by molar-refractivity contribution is -0.146. The van der Waals surface area contributed by atoms with E-state index in [0.29, 0.717) is 6.61 Å². The van der Waals surface area contributed by atoms with Gasteiger partial charge >= 0.3 is 5.97 Å². The number of nitrogens with zero attached hydrogens (tertiary/aromatic N) is 1. The zero-order chi connectivity index (χ0) is 12.8. The summed E-state index contributed by atoms with van der Waals surface area (Å²) in [5, 5.41) is 17.9. The summed E-state index contributed by atoms with van der Waals surface area (Å²) in [6, 6.07) is -0.395. The molecule has 0 aromatic rings. The van der Waals surface area contributed by atoms with Crippen molar-refractivity contribution in [2.45, 2.75) is 38.8 Å². The highest BCUT2D eigenvalue weighted by Gasteiger charge is 2.31. The average molecular weight is 245 g/mol. The Morgan fingerprint density at radius 1 is 1.41 bits per heavy atom. The number of likely N-dealkylation sites (tertiary alicyclic amines) is 1. The summed E-state index contributed by atoms with van der Waals surface area (Å²) >= 11 is 0. The molecule has 0 aromatic heterocycles. The molecule has 1 aliphatic rings. The van der Waals surface area contributed by atoms with Gasteiger partial charge in [0, 0.05) is 13.1 Å². The van der Waals surface area contributed by atoms with Gasteiger partial charge in [0.1, 0.15) is 6.04 Å². The van der Waals surface area contributed by atoms with E-state index in [1.54, 1.807) is 0 Å². The van der Waals surface area contributed by atoms with Crippen molar-refractivity contribution in [2.24, 2.45) is 5.92 Å². The molecule has 1 saturated heterocycles. The van der Waals surface area contributed by atoms with E-state index in [4.69, 9.17) is 9.84 Å². The molecule has 0 radical (unpaired) electrons. The molecule has 0 bridgehead atoms. The van der Waals surface area contributed by atoms with Crippen LogP contribution >= 0.6 is 0 Å². The molecule has 0 spiro atoms. The van der Waals surface area contributed by atoms with Crippen LogP contribution in [0.2, 0.25) is 0 Å². The van der Waals surface area contributed by atoms with Crippen LogP contribution in [0.5, 0.6) is 0 Å². The monoisotopic (exact) mass is 245 g/mol. The maximum absolute atomic E-state index is 11.2. The van der Waals surface area contributed by atoms with E-state index < -0.39 is 12.0 Å². The first kappa shape index (κ1) is 14.4. The van der Waals surface area contributed by atoms with Gasteiger partial charge in [-0.25, -0.2) is 0 Å². The van der Waals surface area contributed by atoms with Gasteiger partial charge in [0.05, 0.1) is 19.3 Å². The van der Waals surface area contributed by atoms with Gasteiger partial charge < -0.3 is 14.9 Å². The Morgan fingerprint density at radius 3 is 2.41 bits per heavy atom. The highest BCUT2D eigenvalue weighted by Crippen LogP contribution is 2.19. The molecule has 0 aliphatic carbocycles. The number of aliphatic carboxylic acids is 1. The molecule has 1 rings (SSSR count). The smallest absolute Gasteiger partial charge is 0.321 e. The molecule has 100 valence electrons. The second-order valence-corrected chi connectivity index (χ2v) is 4.86. The number of ether oxygens (including phenoxy) is 1. The van der Waals surface area contributed by atoms with Gasteiger partial charge in [-0.3, -0.25) is 9.69 Å². The van der Waals surface area contributed by atoms with Crippen LogP contribution < -0.4 is 0 Å². The molecule has 1 heterocycles. The van der Waals surface area contributed by atoms with Crippen LogP contribution in [0.25, 0.3) is 0 Å². The maximum Gasteiger partial charge on any atom is 0.321 e. The Hall–Kier alpha value is -0.650. The number of hydrogen-bond acceptors (Lipinski definition) is 4. The zero-order valence-electron chi connectivity index (χ0n) is 10.6. The van der Waals surface area contributed by atoms with Crippen LogP contribution in [0.15, 0.2) is 0 Å². The highest BCUT2D eigenvalue weighted by molar-refractivity contribution is 5.73. The molecule has 1 fully saturated rings. The number of carboxylic acid groups (broad SMARTS) is 1. The van der Waals surface area contributed by atoms with Crippen molar-refractivity contribution in [3.63, 3.8) is 0 Å². The van der Waals surface area contributed by atoms with Crippen LogP contribution in [0.3, 0.4) is 0 Å². The fourth-order valence-corrected chi connectivity index (χ4v) is 2.40. The van der Waals surface area contributed by atoms with Crippen LogP contribution in [-0.4, -0.2) is 59.5 Å². The largest absolute Gasteiger partial charge is 0.480 e. The average Bonchev–Trinajstić information content (AvgIpc) is 2.27. The van der Waals surface area contributed by atoms with Gasteiger partial charge in [0.25, 0.3) is 0 Å². The third kappa shape index (κ3) is 4.26. The summed E-state index contributed by atoms with van der Waals surface area (Å²) in [5.74, 6) is -0.628. The third-order valence-corrected chi connectivity index (χ3v) is 3.20. The first-order chi connectivity index (χ1) is 8.06. The van der Waals surface area contributed by atoms with Gasteiger partial charge in [-0.1, -0.05) is 13.8 Å². The van der Waals surface area contributed by atoms with Crippen LogP contribution in [0, 0.1) is 5.92 Å². The van der Waals surface area contributed by atoms with Gasteiger partial charge in [-0.2, -0.15) is 0 Å². The summed E-state index contributed by atoms with van der Waals surface area (Å²) in [5.41, 5.74) is 0. The standard InChI is InChI=1S/C12H23NO4/c1-9(2)11(12(15)16)13-5-3-10(4-6-13)17-8-7-14/h9-11,14H,3-8H2,1-2H3,(H,15,16). The molecular formula is C12H23NO4. The molecule has 0 saturated carbocycles. The molecule has 5 heteroatoms. The number of hydrogen-bond donors (Lipinski definition) is 2. The molecule has 2 N–H and O–H groups in total. The Labute approximate surface area is 102 Å². The second-order valence-electron chi connectivity index (χ2n) is 4.86. The summed E-state index contributed by atoms with van der Waals surface area (Å²) in [7, 11) is 0. The van der Waals surface area contributed by atoms with E-state index in [9.17, 15) is 9.90 Å². The number of carbonyl (C=O) groups is 1. The van der Waals surface area contributed by atoms with Crippen LogP contribution in [0.4, 0.5) is 0 Å². The fourth-order valence-electron chi connectivity index (χ4n) is 2.40. The summed E-state index contributed by atoms with van der Waals surface area (Å²) in [6.45, 7) is 5.80. The molecule has 0 amide bonds. The molecule has 1 atom stereocenters. The molecular weight excluding hydrogens is 222 g/mol. The topological polar surface area (TPSA) is 70.0 Å². The minimum atomic E-state index is -0.741. The summed E-state index contributed by atoms with van der Waals surface area (Å²) in [6.07, 6.45) is 1.85. The molecule has 17 heavy (non-hydrogen) atoms. The van der Waals surface area contributed by atoms with E-state index in [1.807, 2.05) is 18.7 Å². The Balaban J connectivity index is 2.41. The first-order valence-electron chi connectivity index (χ1n) is 6.25. The Morgan fingerprint density at radius 2 is 2.00 bits per heavy atom. The second kappa shape index (κ2) is 6.93. The van der Waals surface area contributed by atoms with Gasteiger partial charge in [0.15, 0.2) is 0 Å². The van der Waals surface area contributed by atoms with Crippen molar-refractivity contribution in [3.05, 3.63) is 0 Å². The van der Waals surface area contributed by atoms with Crippen molar-refractivity contribution in [2.75, 3.05) is 26.3 Å². The van der Waals surface area contributed by atoms with Crippen LogP contribution in [-0.2, 0) is 9.53 Å². The number of aliphatic hydroxyl groups excluding tert-OH is 1. The van der Waals surface area contributed by atoms with E-state index in [0.717, 1.165) is 25.9 Å². The normalized spacial score (nSPS) is 20.7. The molecule has 0 aromatic carbocycles. The lowest BCUT2D eigenvalue weighted by Gasteiger charge is -2.37. The molecule has 1 unspecified atom stereocenters. The quantitative estimate of drug-likeness (QED) is 0.716. The summed E-state index contributed by atoms with van der Waals surface area (Å²) < 4.78 is 5.46. The van der Waals surface area contributed by atoms with E-state index in [-0.39, 0.29) is 18.6 Å².